The van der Waals surface area contributed by atoms with Crippen molar-refractivity contribution in [3.63, 3.8) is 0 Å². The molecule has 0 saturated carbocycles. The van der Waals surface area contributed by atoms with Crippen molar-refractivity contribution in [2.75, 3.05) is 38.0 Å². The van der Waals surface area contributed by atoms with Gasteiger partial charge in [-0.05, 0) is 29.6 Å². The van der Waals surface area contributed by atoms with E-state index in [1.54, 1.807) is 17.4 Å². The highest BCUT2D eigenvalue weighted by molar-refractivity contribution is 7.08. The number of piperazine rings is 1. The predicted molar refractivity (Wildman–Crippen MR) is 114 cm³/mol. The quantitative estimate of drug-likeness (QED) is 0.669. The second-order valence-corrected chi connectivity index (χ2v) is 8.00. The monoisotopic (exact) mass is 415 g/mol. The largest absolute Gasteiger partial charge is 0.324 e. The highest BCUT2D eigenvalue weighted by Gasteiger charge is 2.19. The van der Waals surface area contributed by atoms with Crippen molar-refractivity contribution in [2.45, 2.75) is 6.67 Å². The molecule has 1 fully saturated rings. The van der Waals surface area contributed by atoms with Crippen LogP contribution in [0.25, 0.3) is 11.3 Å². The lowest BCUT2D eigenvalue weighted by molar-refractivity contribution is -0.117. The van der Waals surface area contributed by atoms with Crippen LogP contribution in [-0.4, -0.2) is 58.2 Å². The van der Waals surface area contributed by atoms with E-state index in [0.29, 0.717) is 17.3 Å². The molecule has 0 atom stereocenters. The van der Waals surface area contributed by atoms with Gasteiger partial charge in [0.2, 0.25) is 5.91 Å². The molecule has 0 bridgehead atoms. The third-order valence-electron chi connectivity index (χ3n) is 4.78. The van der Waals surface area contributed by atoms with Gasteiger partial charge in [0, 0.05) is 43.3 Å². The number of halogens is 1. The topological polar surface area (TPSA) is 53.4 Å². The van der Waals surface area contributed by atoms with E-state index in [4.69, 9.17) is 11.6 Å². The first-order valence-electron chi connectivity index (χ1n) is 9.22. The number of anilines is 1. The number of rotatable bonds is 6. The molecule has 8 heteroatoms. The minimum Gasteiger partial charge on any atom is -0.324 e. The molecule has 0 aliphatic carbocycles. The molecule has 1 aliphatic heterocycles. The average Bonchev–Trinajstić information content (AvgIpc) is 3.37. The van der Waals surface area contributed by atoms with E-state index in [2.05, 4.69) is 43.1 Å². The molecule has 0 unspecified atom stereocenters. The zero-order chi connectivity index (χ0) is 19.3. The van der Waals surface area contributed by atoms with Gasteiger partial charge in [0.25, 0.3) is 0 Å². The number of thiophene rings is 1. The lowest BCUT2D eigenvalue weighted by Gasteiger charge is -2.34. The summed E-state index contributed by atoms with van der Waals surface area (Å²) in [6.07, 6.45) is 2.02. The van der Waals surface area contributed by atoms with Crippen molar-refractivity contribution in [3.05, 3.63) is 58.4 Å². The highest BCUT2D eigenvalue weighted by Crippen LogP contribution is 2.21. The molecule has 1 amide bonds. The number of hydrogen-bond donors (Lipinski definition) is 1. The Labute approximate surface area is 173 Å². The Hall–Kier alpha value is -2.19. The zero-order valence-corrected chi connectivity index (χ0v) is 17.0. The molecule has 0 spiro atoms. The second-order valence-electron chi connectivity index (χ2n) is 6.82. The number of para-hydroxylation sites is 1. The standard InChI is InChI=1S/C20H22ClN5OS/c21-17-3-1-2-4-19(17)22-20(27)13-24-8-10-25(11-9-24)15-26-7-5-18(23-26)16-6-12-28-14-16/h1-7,12,14H,8-11,13,15H2,(H,22,27). The van der Waals surface area contributed by atoms with Crippen molar-refractivity contribution in [3.8, 4) is 11.3 Å². The van der Waals surface area contributed by atoms with Crippen LogP contribution < -0.4 is 5.32 Å². The normalized spacial score (nSPS) is 15.6. The van der Waals surface area contributed by atoms with Crippen molar-refractivity contribution in [1.82, 2.24) is 19.6 Å². The minimum atomic E-state index is -0.0333. The van der Waals surface area contributed by atoms with Crippen LogP contribution in [0.4, 0.5) is 5.69 Å². The van der Waals surface area contributed by atoms with Gasteiger partial charge < -0.3 is 5.32 Å². The van der Waals surface area contributed by atoms with E-state index >= 15 is 0 Å². The number of benzene rings is 1. The van der Waals surface area contributed by atoms with Crippen LogP contribution in [0.1, 0.15) is 0 Å². The number of hydrogen-bond acceptors (Lipinski definition) is 5. The van der Waals surface area contributed by atoms with Gasteiger partial charge in [0.1, 0.15) is 0 Å². The van der Waals surface area contributed by atoms with Crippen LogP contribution in [0.3, 0.4) is 0 Å². The average molecular weight is 416 g/mol. The molecule has 4 rings (SSSR count). The van der Waals surface area contributed by atoms with E-state index in [0.717, 1.165) is 44.1 Å². The molecule has 6 nitrogen and oxygen atoms in total. The molecule has 1 aromatic carbocycles. The number of aromatic nitrogens is 2. The molecule has 28 heavy (non-hydrogen) atoms. The molecule has 3 heterocycles. The van der Waals surface area contributed by atoms with Crippen molar-refractivity contribution in [1.29, 1.82) is 0 Å². The Morgan fingerprint density at radius 1 is 1.11 bits per heavy atom. The van der Waals surface area contributed by atoms with Gasteiger partial charge in [-0.1, -0.05) is 23.7 Å². The fourth-order valence-electron chi connectivity index (χ4n) is 3.25. The molecule has 3 aromatic rings. The van der Waals surface area contributed by atoms with E-state index in [1.165, 1.54) is 0 Å². The molecular weight excluding hydrogens is 394 g/mol. The smallest absolute Gasteiger partial charge is 0.238 e. The molecule has 146 valence electrons. The van der Waals surface area contributed by atoms with Crippen molar-refractivity contribution in [2.24, 2.45) is 0 Å². The fourth-order valence-corrected chi connectivity index (χ4v) is 4.09. The first-order valence-corrected chi connectivity index (χ1v) is 10.5. The molecule has 1 aliphatic rings. The number of carbonyl (C=O) groups excluding carboxylic acids is 1. The summed E-state index contributed by atoms with van der Waals surface area (Å²) in [4.78, 5) is 16.8. The summed E-state index contributed by atoms with van der Waals surface area (Å²) in [6.45, 7) is 4.68. The Bertz CT molecular complexity index is 918. The lowest BCUT2D eigenvalue weighted by Crippen LogP contribution is -2.48. The maximum absolute atomic E-state index is 12.3. The predicted octanol–water partition coefficient (Wildman–Crippen LogP) is 3.48. The molecule has 1 N–H and O–H groups in total. The third kappa shape index (κ3) is 4.80. The van der Waals surface area contributed by atoms with E-state index in [9.17, 15) is 4.79 Å². The van der Waals surface area contributed by atoms with Crippen LogP contribution in [0.5, 0.6) is 0 Å². The molecule has 1 saturated heterocycles. The summed E-state index contributed by atoms with van der Waals surface area (Å²) in [5, 5.41) is 12.3. The zero-order valence-electron chi connectivity index (χ0n) is 15.4. The highest BCUT2D eigenvalue weighted by atomic mass is 35.5. The number of nitrogens with zero attached hydrogens (tertiary/aromatic N) is 4. The van der Waals surface area contributed by atoms with Gasteiger partial charge in [0.15, 0.2) is 0 Å². The van der Waals surface area contributed by atoms with Crippen LogP contribution in [0.2, 0.25) is 5.02 Å². The summed E-state index contributed by atoms with van der Waals surface area (Å²) in [5.74, 6) is -0.0333. The van der Waals surface area contributed by atoms with Crippen LogP contribution in [0.15, 0.2) is 53.4 Å². The summed E-state index contributed by atoms with van der Waals surface area (Å²) in [7, 11) is 0. The summed E-state index contributed by atoms with van der Waals surface area (Å²) < 4.78 is 1.98. The van der Waals surface area contributed by atoms with Crippen LogP contribution in [-0.2, 0) is 11.5 Å². The summed E-state index contributed by atoms with van der Waals surface area (Å²) in [6, 6.07) is 11.4. The van der Waals surface area contributed by atoms with Crippen molar-refractivity contribution >= 4 is 34.5 Å². The summed E-state index contributed by atoms with van der Waals surface area (Å²) in [5.41, 5.74) is 2.84. The SMILES string of the molecule is O=C(CN1CCN(Cn2ccc(-c3ccsc3)n2)CC1)Nc1ccccc1Cl. The fraction of sp³-hybridized carbons (Fsp3) is 0.300. The maximum Gasteiger partial charge on any atom is 0.238 e. The van der Waals surface area contributed by atoms with E-state index < -0.39 is 0 Å². The minimum absolute atomic E-state index is 0.0333. The Morgan fingerprint density at radius 2 is 1.89 bits per heavy atom. The maximum atomic E-state index is 12.3. The van der Waals surface area contributed by atoms with Gasteiger partial charge in [-0.25, -0.2) is 0 Å². The van der Waals surface area contributed by atoms with Gasteiger partial charge in [-0.15, -0.1) is 0 Å². The van der Waals surface area contributed by atoms with E-state index in [1.807, 2.05) is 29.1 Å². The number of nitrogens with one attached hydrogen (secondary N) is 1. The number of carbonyl (C=O) groups is 1. The van der Waals surface area contributed by atoms with Gasteiger partial charge in [0.05, 0.1) is 29.6 Å². The molecule has 0 radical (unpaired) electrons. The second kappa shape index (κ2) is 8.87. The lowest BCUT2D eigenvalue weighted by atomic mass is 10.2. The number of amides is 1. The van der Waals surface area contributed by atoms with E-state index in [-0.39, 0.29) is 5.91 Å². The Morgan fingerprint density at radius 3 is 2.64 bits per heavy atom. The van der Waals surface area contributed by atoms with Crippen molar-refractivity contribution < 1.29 is 4.79 Å². The van der Waals surface area contributed by atoms with Crippen LogP contribution in [0, 0.1) is 0 Å². The molecule has 2 aromatic heterocycles. The Kier molecular flexibility index (Phi) is 6.07. The third-order valence-corrected chi connectivity index (χ3v) is 5.80. The Balaban J connectivity index is 1.23. The van der Waals surface area contributed by atoms with Gasteiger partial charge in [-0.3, -0.25) is 19.3 Å². The van der Waals surface area contributed by atoms with Crippen LogP contribution >= 0.6 is 22.9 Å². The summed E-state index contributed by atoms with van der Waals surface area (Å²) >= 11 is 7.78. The first kappa shape index (κ1) is 19.1. The van der Waals surface area contributed by atoms with Gasteiger partial charge >= 0.3 is 0 Å². The molecular formula is C20H22ClN5OS. The first-order chi connectivity index (χ1) is 13.7. The van der Waals surface area contributed by atoms with Gasteiger partial charge in [-0.2, -0.15) is 16.4 Å².